The summed E-state index contributed by atoms with van der Waals surface area (Å²) in [6, 6.07) is 7.89. The number of hydrogen-bond acceptors (Lipinski definition) is 4. The lowest BCUT2D eigenvalue weighted by molar-refractivity contribution is -0.124. The molecule has 0 spiro atoms. The lowest BCUT2D eigenvalue weighted by Gasteiger charge is -2.26. The summed E-state index contributed by atoms with van der Waals surface area (Å²) in [6.07, 6.45) is 5.23. The third kappa shape index (κ3) is 2.74. The van der Waals surface area contributed by atoms with Gasteiger partial charge in [-0.2, -0.15) is 0 Å². The van der Waals surface area contributed by atoms with Crippen molar-refractivity contribution in [1.29, 1.82) is 0 Å². The summed E-state index contributed by atoms with van der Waals surface area (Å²) in [5, 5.41) is 6.69. The molecule has 122 valence electrons. The Morgan fingerprint density at radius 1 is 1.22 bits per heavy atom. The van der Waals surface area contributed by atoms with E-state index in [9.17, 15) is 9.59 Å². The van der Waals surface area contributed by atoms with Crippen LogP contribution in [0.15, 0.2) is 24.3 Å². The van der Waals surface area contributed by atoms with E-state index in [2.05, 4.69) is 10.6 Å². The molecule has 1 aromatic carbocycles. The van der Waals surface area contributed by atoms with Gasteiger partial charge in [-0.3, -0.25) is 4.79 Å². The van der Waals surface area contributed by atoms with Gasteiger partial charge in [-0.05, 0) is 55.7 Å². The summed E-state index contributed by atoms with van der Waals surface area (Å²) in [6.45, 7) is 0. The number of nitrogens with one attached hydrogen (secondary N) is 2. The van der Waals surface area contributed by atoms with E-state index in [-0.39, 0.29) is 23.5 Å². The zero-order valence-corrected chi connectivity index (χ0v) is 13.3. The van der Waals surface area contributed by atoms with Crippen molar-refractivity contribution in [1.82, 2.24) is 10.6 Å². The van der Waals surface area contributed by atoms with Gasteiger partial charge < -0.3 is 15.4 Å². The number of fused-ring (bicyclic) bond motifs is 1. The smallest absolute Gasteiger partial charge is 0.337 e. The van der Waals surface area contributed by atoms with E-state index in [1.807, 2.05) is 12.1 Å². The average Bonchev–Trinajstić information content (AvgIpc) is 3.48. The van der Waals surface area contributed by atoms with Gasteiger partial charge in [0.15, 0.2) is 0 Å². The van der Waals surface area contributed by atoms with E-state index in [1.54, 1.807) is 12.1 Å². The monoisotopic (exact) mass is 314 g/mol. The van der Waals surface area contributed by atoms with Crippen LogP contribution in [-0.2, 0) is 15.1 Å². The van der Waals surface area contributed by atoms with Crippen molar-refractivity contribution in [2.24, 2.45) is 5.92 Å². The number of esters is 1. The van der Waals surface area contributed by atoms with Crippen LogP contribution in [-0.4, -0.2) is 31.1 Å². The summed E-state index contributed by atoms with van der Waals surface area (Å²) in [7, 11) is 1.38. The topological polar surface area (TPSA) is 67.4 Å². The van der Waals surface area contributed by atoms with Gasteiger partial charge in [0, 0.05) is 6.04 Å². The molecule has 3 unspecified atom stereocenters. The Morgan fingerprint density at radius 2 is 1.96 bits per heavy atom. The van der Waals surface area contributed by atoms with Gasteiger partial charge in [0.2, 0.25) is 5.91 Å². The van der Waals surface area contributed by atoms with Crippen LogP contribution in [0.1, 0.15) is 48.0 Å². The first-order chi connectivity index (χ1) is 11.1. The number of benzene rings is 1. The normalized spacial score (nSPS) is 30.0. The van der Waals surface area contributed by atoms with Gasteiger partial charge in [0.1, 0.15) is 0 Å². The minimum Gasteiger partial charge on any atom is -0.465 e. The Labute approximate surface area is 135 Å². The van der Waals surface area contributed by atoms with Gasteiger partial charge in [0.25, 0.3) is 0 Å². The molecule has 3 atom stereocenters. The van der Waals surface area contributed by atoms with Crippen LogP contribution >= 0.6 is 0 Å². The van der Waals surface area contributed by atoms with E-state index in [4.69, 9.17) is 4.74 Å². The van der Waals surface area contributed by atoms with Crippen molar-refractivity contribution in [3.63, 3.8) is 0 Å². The molecule has 1 amide bonds. The number of rotatable bonds is 4. The zero-order chi connectivity index (χ0) is 16.0. The molecular weight excluding hydrogens is 292 g/mol. The third-order valence-electron chi connectivity index (χ3n) is 5.45. The minimum atomic E-state index is -0.337. The van der Waals surface area contributed by atoms with Crippen molar-refractivity contribution in [2.75, 3.05) is 7.11 Å². The molecule has 1 aliphatic heterocycles. The highest BCUT2D eigenvalue weighted by molar-refractivity contribution is 5.89. The first-order valence-electron chi connectivity index (χ1n) is 8.38. The zero-order valence-electron chi connectivity index (χ0n) is 13.3. The average molecular weight is 314 g/mol. The molecule has 0 bridgehead atoms. The predicted molar refractivity (Wildman–Crippen MR) is 84.9 cm³/mol. The second-order valence-corrected chi connectivity index (χ2v) is 7.04. The lowest BCUT2D eigenvalue weighted by Crippen LogP contribution is -2.50. The molecule has 0 aromatic heterocycles. The molecule has 3 aliphatic rings. The highest BCUT2D eigenvalue weighted by atomic mass is 16.5. The van der Waals surface area contributed by atoms with Gasteiger partial charge >= 0.3 is 5.97 Å². The molecule has 23 heavy (non-hydrogen) atoms. The highest BCUT2D eigenvalue weighted by Gasteiger charge is 2.48. The van der Waals surface area contributed by atoms with Crippen LogP contribution in [0.2, 0.25) is 0 Å². The maximum absolute atomic E-state index is 12.6. The van der Waals surface area contributed by atoms with Crippen LogP contribution in [0.3, 0.4) is 0 Å². The number of methoxy groups -OCH3 is 1. The fourth-order valence-corrected chi connectivity index (χ4v) is 3.68. The summed E-state index contributed by atoms with van der Waals surface area (Å²) < 4.78 is 4.72. The molecule has 2 aliphatic carbocycles. The van der Waals surface area contributed by atoms with E-state index < -0.39 is 0 Å². The first kappa shape index (κ1) is 14.7. The van der Waals surface area contributed by atoms with Crippen LogP contribution < -0.4 is 10.6 Å². The second kappa shape index (κ2) is 5.34. The fourth-order valence-electron chi connectivity index (χ4n) is 3.68. The van der Waals surface area contributed by atoms with Crippen molar-refractivity contribution in [3.05, 3.63) is 35.4 Å². The highest BCUT2D eigenvalue weighted by Crippen LogP contribution is 2.46. The molecule has 4 rings (SSSR count). The lowest BCUT2D eigenvalue weighted by atomic mass is 10.00. The molecule has 0 radical (unpaired) electrons. The molecule has 5 nitrogen and oxygen atoms in total. The molecule has 1 aromatic rings. The molecule has 1 saturated heterocycles. The van der Waals surface area contributed by atoms with Crippen molar-refractivity contribution in [3.8, 4) is 0 Å². The van der Waals surface area contributed by atoms with Crippen molar-refractivity contribution < 1.29 is 14.3 Å². The number of amides is 1. The number of hydrogen-bond donors (Lipinski definition) is 2. The number of carbonyl (C=O) groups is 2. The van der Waals surface area contributed by atoms with E-state index in [0.29, 0.717) is 11.6 Å². The number of ether oxygens (including phenoxy) is 1. The minimum absolute atomic E-state index is 0.0504. The first-order valence-corrected chi connectivity index (χ1v) is 8.38. The summed E-state index contributed by atoms with van der Waals surface area (Å²) >= 11 is 0. The Kier molecular flexibility index (Phi) is 3.41. The fraction of sp³-hybridized carbons (Fsp3) is 0.556. The number of piperidine rings is 1. The van der Waals surface area contributed by atoms with E-state index in [0.717, 1.165) is 37.2 Å². The molecule has 1 heterocycles. The standard InChI is InChI=1S/C18H22N2O3/c1-23-17(22)11-2-5-13(6-3-11)18(8-9-18)20-16(21)14-7-4-12-10-15(12)19-14/h2-3,5-6,12,14-15,19H,4,7-10H2,1H3,(H,20,21). The molecule has 2 saturated carbocycles. The van der Waals surface area contributed by atoms with Crippen LogP contribution in [0.5, 0.6) is 0 Å². The van der Waals surface area contributed by atoms with Gasteiger partial charge in [-0.1, -0.05) is 12.1 Å². The Balaban J connectivity index is 1.43. The largest absolute Gasteiger partial charge is 0.465 e. The maximum Gasteiger partial charge on any atom is 0.337 e. The van der Waals surface area contributed by atoms with E-state index >= 15 is 0 Å². The van der Waals surface area contributed by atoms with Gasteiger partial charge in [-0.15, -0.1) is 0 Å². The SMILES string of the molecule is COC(=O)c1ccc(C2(NC(=O)C3CCC4CC4N3)CC2)cc1. The van der Waals surface area contributed by atoms with Gasteiger partial charge in [-0.25, -0.2) is 4.79 Å². The Bertz CT molecular complexity index is 636. The second-order valence-electron chi connectivity index (χ2n) is 7.04. The molecule has 2 N–H and O–H groups in total. The Morgan fingerprint density at radius 3 is 2.57 bits per heavy atom. The molecule has 5 heteroatoms. The summed E-state index contributed by atoms with van der Waals surface area (Å²) in [5.41, 5.74) is 1.36. The molecule has 3 fully saturated rings. The van der Waals surface area contributed by atoms with Crippen molar-refractivity contribution >= 4 is 11.9 Å². The predicted octanol–water partition coefficient (Wildman–Crippen LogP) is 1.72. The summed E-state index contributed by atoms with van der Waals surface area (Å²) in [4.78, 5) is 24.1. The van der Waals surface area contributed by atoms with Crippen LogP contribution in [0.25, 0.3) is 0 Å². The molecular formula is C18H22N2O3. The maximum atomic E-state index is 12.6. The van der Waals surface area contributed by atoms with Gasteiger partial charge in [0.05, 0.1) is 24.3 Å². The third-order valence-corrected chi connectivity index (χ3v) is 5.45. The van der Waals surface area contributed by atoms with Crippen LogP contribution in [0.4, 0.5) is 0 Å². The number of carbonyl (C=O) groups excluding carboxylic acids is 2. The van der Waals surface area contributed by atoms with E-state index in [1.165, 1.54) is 13.5 Å². The summed E-state index contributed by atoms with van der Waals surface area (Å²) in [5.74, 6) is 0.584. The quantitative estimate of drug-likeness (QED) is 0.831. The Hall–Kier alpha value is -1.88. The van der Waals surface area contributed by atoms with Crippen molar-refractivity contribution in [2.45, 2.75) is 49.7 Å². The van der Waals surface area contributed by atoms with Crippen LogP contribution in [0, 0.1) is 5.92 Å².